The zero-order valence-corrected chi connectivity index (χ0v) is 36.6. The Bertz CT molecular complexity index is 4030. The predicted molar refractivity (Wildman–Crippen MR) is 276 cm³/mol. The molecule has 0 saturated carbocycles. The first-order valence-electron chi connectivity index (χ1n) is 22.9. The van der Waals surface area contributed by atoms with E-state index >= 15 is 0 Å². The maximum absolute atomic E-state index is 6.47. The SMILES string of the molecule is CC1(C)c2ccc(-c3ccc4oc5ccc(-n6c7ccccc7c7ccccc76)cc5c4c3)cc2-c2ccc(-c3cc(-c4ccccc4)cc(-n4c5ccccc5c5ccccc54)c3)cc21. The van der Waals surface area contributed by atoms with Crippen molar-refractivity contribution in [3.05, 3.63) is 230 Å². The molecule has 0 aliphatic heterocycles. The van der Waals surface area contributed by atoms with Gasteiger partial charge >= 0.3 is 0 Å². The van der Waals surface area contributed by atoms with Crippen molar-refractivity contribution in [2.24, 2.45) is 0 Å². The molecule has 0 spiro atoms. The number of furan rings is 1. The third-order valence-electron chi connectivity index (χ3n) is 14.5. The molecule has 310 valence electrons. The molecular formula is C63H42N2O. The van der Waals surface area contributed by atoms with Crippen molar-refractivity contribution in [2.45, 2.75) is 19.3 Å². The molecule has 1 aliphatic carbocycles. The van der Waals surface area contributed by atoms with Crippen LogP contribution >= 0.6 is 0 Å². The van der Waals surface area contributed by atoms with E-state index in [9.17, 15) is 0 Å². The third kappa shape index (κ3) is 5.38. The van der Waals surface area contributed by atoms with E-state index in [0.29, 0.717) is 0 Å². The van der Waals surface area contributed by atoms with Crippen LogP contribution in [0.25, 0.3) is 121 Å². The van der Waals surface area contributed by atoms with E-state index in [1.54, 1.807) is 0 Å². The maximum atomic E-state index is 6.47. The first-order valence-corrected chi connectivity index (χ1v) is 22.9. The number of nitrogens with zero attached hydrogens (tertiary/aromatic N) is 2. The fraction of sp³-hybridized carbons (Fsp3) is 0.0476. The van der Waals surface area contributed by atoms with Gasteiger partial charge in [0, 0.05) is 49.1 Å². The second-order valence-corrected chi connectivity index (χ2v) is 18.5. The molecule has 14 rings (SSSR count). The molecule has 3 heterocycles. The summed E-state index contributed by atoms with van der Waals surface area (Å²) in [6.07, 6.45) is 0. The summed E-state index contributed by atoms with van der Waals surface area (Å²) in [7, 11) is 0. The minimum atomic E-state index is -0.181. The average Bonchev–Trinajstić information content (AvgIpc) is 4.08. The van der Waals surface area contributed by atoms with Crippen molar-refractivity contribution in [1.82, 2.24) is 9.13 Å². The Labute approximate surface area is 382 Å². The normalized spacial score (nSPS) is 13.1. The lowest BCUT2D eigenvalue weighted by atomic mass is 9.81. The van der Waals surface area contributed by atoms with Crippen molar-refractivity contribution in [1.29, 1.82) is 0 Å². The summed E-state index contributed by atoms with van der Waals surface area (Å²) in [6.45, 7) is 4.76. The summed E-state index contributed by atoms with van der Waals surface area (Å²) >= 11 is 0. The summed E-state index contributed by atoms with van der Waals surface area (Å²) in [5.74, 6) is 0. The standard InChI is InChI=1S/C63H42N2O/c1-63(2)55-29-25-40(41-26-30-61-53(36-41)54-38-45(27-31-62(54)66-61)64-57-20-10-6-16-48(57)49-17-7-11-21-58(49)64)35-52(55)47-28-24-42(37-56(47)63)44-32-43(39-14-4-3-5-15-39)33-46(34-44)65-59-22-12-8-18-50(59)51-19-9-13-23-60(51)65/h3-38H,1-2H3. The molecule has 0 N–H and O–H groups in total. The fourth-order valence-electron chi connectivity index (χ4n) is 11.3. The molecule has 0 fully saturated rings. The van der Waals surface area contributed by atoms with Gasteiger partial charge in [0.1, 0.15) is 11.2 Å². The van der Waals surface area contributed by atoms with Crippen LogP contribution in [0.3, 0.4) is 0 Å². The summed E-state index contributed by atoms with van der Waals surface area (Å²) in [5, 5.41) is 7.27. The Morgan fingerprint density at radius 3 is 1.42 bits per heavy atom. The Morgan fingerprint density at radius 2 is 0.788 bits per heavy atom. The van der Waals surface area contributed by atoms with Crippen molar-refractivity contribution < 1.29 is 4.42 Å². The van der Waals surface area contributed by atoms with Crippen LogP contribution in [0.15, 0.2) is 223 Å². The van der Waals surface area contributed by atoms with Gasteiger partial charge in [-0.15, -0.1) is 0 Å². The van der Waals surface area contributed by atoms with Gasteiger partial charge in [-0.05, 0) is 141 Å². The van der Waals surface area contributed by atoms with Crippen molar-refractivity contribution >= 4 is 65.6 Å². The van der Waals surface area contributed by atoms with E-state index in [2.05, 4.69) is 241 Å². The third-order valence-corrected chi connectivity index (χ3v) is 14.5. The van der Waals surface area contributed by atoms with Gasteiger partial charge < -0.3 is 13.6 Å². The number of hydrogen-bond donors (Lipinski definition) is 0. The van der Waals surface area contributed by atoms with Crippen molar-refractivity contribution in [3.63, 3.8) is 0 Å². The number of fused-ring (bicyclic) bond motifs is 12. The summed E-state index contributed by atoms with van der Waals surface area (Å²) in [6, 6.07) is 80.2. The number of aromatic nitrogens is 2. The number of hydrogen-bond acceptors (Lipinski definition) is 1. The lowest BCUT2D eigenvalue weighted by molar-refractivity contribution is 0.660. The molecule has 0 bridgehead atoms. The largest absolute Gasteiger partial charge is 0.456 e. The van der Waals surface area contributed by atoms with Crippen molar-refractivity contribution in [2.75, 3.05) is 0 Å². The molecule has 0 unspecified atom stereocenters. The zero-order valence-electron chi connectivity index (χ0n) is 36.6. The van der Waals surface area contributed by atoms with Crippen LogP contribution in [0.1, 0.15) is 25.0 Å². The van der Waals surface area contributed by atoms with Crippen LogP contribution in [-0.2, 0) is 5.41 Å². The molecule has 13 aromatic rings. The van der Waals surface area contributed by atoms with E-state index < -0.39 is 0 Å². The fourth-order valence-corrected chi connectivity index (χ4v) is 11.3. The van der Waals surface area contributed by atoms with E-state index in [1.165, 1.54) is 99.2 Å². The highest BCUT2D eigenvalue weighted by atomic mass is 16.3. The molecule has 3 aromatic heterocycles. The average molecular weight is 843 g/mol. The van der Waals surface area contributed by atoms with Crippen LogP contribution in [0.5, 0.6) is 0 Å². The predicted octanol–water partition coefficient (Wildman–Crippen LogP) is 17.1. The Morgan fingerprint density at radius 1 is 0.303 bits per heavy atom. The lowest BCUT2D eigenvalue weighted by Crippen LogP contribution is -2.15. The van der Waals surface area contributed by atoms with E-state index in [0.717, 1.165) is 33.3 Å². The smallest absolute Gasteiger partial charge is 0.135 e. The minimum absolute atomic E-state index is 0.181. The molecular weight excluding hydrogens is 801 g/mol. The van der Waals surface area contributed by atoms with Crippen LogP contribution < -0.4 is 0 Å². The molecule has 0 amide bonds. The molecule has 0 atom stereocenters. The zero-order chi connectivity index (χ0) is 43.7. The minimum Gasteiger partial charge on any atom is -0.456 e. The topological polar surface area (TPSA) is 23.0 Å². The van der Waals surface area contributed by atoms with Gasteiger partial charge in [-0.2, -0.15) is 0 Å². The first-order chi connectivity index (χ1) is 32.5. The van der Waals surface area contributed by atoms with Crippen LogP contribution in [0.2, 0.25) is 0 Å². The molecule has 0 saturated heterocycles. The van der Waals surface area contributed by atoms with Gasteiger partial charge in [-0.25, -0.2) is 0 Å². The lowest BCUT2D eigenvalue weighted by Gasteiger charge is -2.22. The quantitative estimate of drug-likeness (QED) is 0.169. The van der Waals surface area contributed by atoms with Gasteiger partial charge in [0.25, 0.3) is 0 Å². The molecule has 0 radical (unpaired) electrons. The summed E-state index contributed by atoms with van der Waals surface area (Å²) in [5.41, 5.74) is 21.2. The number of rotatable bonds is 5. The highest BCUT2D eigenvalue weighted by Crippen LogP contribution is 2.51. The van der Waals surface area contributed by atoms with Gasteiger partial charge in [0.2, 0.25) is 0 Å². The van der Waals surface area contributed by atoms with Gasteiger partial charge in [0.05, 0.1) is 22.1 Å². The van der Waals surface area contributed by atoms with Crippen LogP contribution in [-0.4, -0.2) is 9.13 Å². The highest BCUT2D eigenvalue weighted by Gasteiger charge is 2.36. The number of benzene rings is 10. The second-order valence-electron chi connectivity index (χ2n) is 18.5. The molecule has 66 heavy (non-hydrogen) atoms. The van der Waals surface area contributed by atoms with Crippen LogP contribution in [0, 0.1) is 0 Å². The number of para-hydroxylation sites is 4. The Hall–Kier alpha value is -8.40. The summed E-state index contributed by atoms with van der Waals surface area (Å²) < 4.78 is 11.3. The molecule has 10 aromatic carbocycles. The van der Waals surface area contributed by atoms with Crippen LogP contribution in [0.4, 0.5) is 0 Å². The van der Waals surface area contributed by atoms with E-state index in [1.807, 2.05) is 0 Å². The molecule has 3 heteroatoms. The second kappa shape index (κ2) is 13.8. The Balaban J connectivity index is 0.877. The van der Waals surface area contributed by atoms with Gasteiger partial charge in [-0.3, -0.25) is 0 Å². The maximum Gasteiger partial charge on any atom is 0.135 e. The van der Waals surface area contributed by atoms with E-state index in [4.69, 9.17) is 4.42 Å². The van der Waals surface area contributed by atoms with Gasteiger partial charge in [-0.1, -0.05) is 147 Å². The van der Waals surface area contributed by atoms with E-state index in [-0.39, 0.29) is 5.41 Å². The van der Waals surface area contributed by atoms with Gasteiger partial charge in [0.15, 0.2) is 0 Å². The molecule has 1 aliphatic rings. The Kier molecular flexibility index (Phi) is 7.74. The molecule has 3 nitrogen and oxygen atoms in total. The summed E-state index contributed by atoms with van der Waals surface area (Å²) in [4.78, 5) is 0. The highest BCUT2D eigenvalue weighted by molar-refractivity contribution is 6.12. The first kappa shape index (κ1) is 37.0. The van der Waals surface area contributed by atoms with Crippen molar-refractivity contribution in [3.8, 4) is 55.9 Å². The monoisotopic (exact) mass is 842 g/mol.